The Kier molecular flexibility index (Phi) is 5.27. The Morgan fingerprint density at radius 2 is 2.12 bits per heavy atom. The van der Waals surface area contributed by atoms with E-state index in [9.17, 15) is 4.79 Å². The van der Waals surface area contributed by atoms with Gasteiger partial charge >= 0.3 is 0 Å². The molecule has 0 aromatic carbocycles. The summed E-state index contributed by atoms with van der Waals surface area (Å²) in [4.78, 5) is 18.9. The molecule has 0 radical (unpaired) electrons. The van der Waals surface area contributed by atoms with Crippen molar-refractivity contribution < 1.29 is 18.8 Å². The van der Waals surface area contributed by atoms with E-state index in [2.05, 4.69) is 15.0 Å². The number of piperidine rings is 1. The summed E-state index contributed by atoms with van der Waals surface area (Å²) in [6.07, 6.45) is 8.09. The highest BCUT2D eigenvalue weighted by molar-refractivity contribution is 5.79. The second kappa shape index (κ2) is 7.64. The van der Waals surface area contributed by atoms with Crippen molar-refractivity contribution >= 4 is 5.91 Å². The molecular weight excluding hydrogens is 334 g/mol. The number of hydrogen-bond donors (Lipinski definition) is 0. The summed E-state index contributed by atoms with van der Waals surface area (Å²) in [6.45, 7) is 2.83. The van der Waals surface area contributed by atoms with E-state index in [1.165, 1.54) is 6.42 Å². The number of likely N-dealkylation sites (tertiary alicyclic amines) is 1. The molecule has 1 aromatic heterocycles. The summed E-state index contributed by atoms with van der Waals surface area (Å²) < 4.78 is 16.6. The van der Waals surface area contributed by atoms with Crippen molar-refractivity contribution in [2.45, 2.75) is 63.6 Å². The SMILES string of the molecule is COCc1noc(CC2CCOC3(CCN(C(=O)C4CCC4)CC3)C2)n1. The lowest BCUT2D eigenvalue weighted by molar-refractivity contribution is -0.152. The quantitative estimate of drug-likeness (QED) is 0.799. The Morgan fingerprint density at radius 3 is 2.81 bits per heavy atom. The first-order chi connectivity index (χ1) is 12.7. The van der Waals surface area contributed by atoms with E-state index in [1.807, 2.05) is 0 Å². The molecule has 1 atom stereocenters. The summed E-state index contributed by atoms with van der Waals surface area (Å²) in [5.74, 6) is 2.45. The van der Waals surface area contributed by atoms with E-state index in [4.69, 9.17) is 14.0 Å². The maximum atomic E-state index is 12.5. The zero-order valence-corrected chi connectivity index (χ0v) is 15.6. The van der Waals surface area contributed by atoms with E-state index >= 15 is 0 Å². The normalized spacial score (nSPS) is 26.0. The van der Waals surface area contributed by atoms with Crippen LogP contribution in [0, 0.1) is 11.8 Å². The highest BCUT2D eigenvalue weighted by Gasteiger charge is 2.42. The largest absolute Gasteiger partial charge is 0.377 e. The number of amides is 1. The van der Waals surface area contributed by atoms with Gasteiger partial charge in [-0.25, -0.2) is 0 Å². The van der Waals surface area contributed by atoms with Gasteiger partial charge in [-0.3, -0.25) is 4.79 Å². The van der Waals surface area contributed by atoms with Gasteiger partial charge in [-0.15, -0.1) is 0 Å². The second-order valence-corrected chi connectivity index (χ2v) is 8.08. The lowest BCUT2D eigenvalue weighted by Crippen LogP contribution is -2.52. The van der Waals surface area contributed by atoms with Crippen LogP contribution in [-0.2, 0) is 27.3 Å². The minimum Gasteiger partial charge on any atom is -0.377 e. The molecule has 26 heavy (non-hydrogen) atoms. The Morgan fingerprint density at radius 1 is 1.31 bits per heavy atom. The highest BCUT2D eigenvalue weighted by atomic mass is 16.5. The van der Waals surface area contributed by atoms with Crippen molar-refractivity contribution in [1.82, 2.24) is 15.0 Å². The number of aromatic nitrogens is 2. The maximum absolute atomic E-state index is 12.5. The van der Waals surface area contributed by atoms with Crippen LogP contribution in [0.3, 0.4) is 0 Å². The van der Waals surface area contributed by atoms with Crippen LogP contribution in [0.1, 0.15) is 56.7 Å². The first-order valence-electron chi connectivity index (χ1n) is 9.91. The van der Waals surface area contributed by atoms with Gasteiger partial charge in [0.15, 0.2) is 5.82 Å². The Bertz CT molecular complexity index is 620. The van der Waals surface area contributed by atoms with E-state index in [0.29, 0.717) is 36.1 Å². The Labute approximate surface area is 154 Å². The monoisotopic (exact) mass is 363 g/mol. The first kappa shape index (κ1) is 17.9. The highest BCUT2D eigenvalue weighted by Crippen LogP contribution is 2.39. The predicted octanol–water partition coefficient (Wildman–Crippen LogP) is 2.35. The number of carbonyl (C=O) groups is 1. The number of carbonyl (C=O) groups excluding carboxylic acids is 1. The van der Waals surface area contributed by atoms with Crippen molar-refractivity contribution in [1.29, 1.82) is 0 Å². The Hall–Kier alpha value is -1.47. The third-order valence-electron chi connectivity index (χ3n) is 6.28. The summed E-state index contributed by atoms with van der Waals surface area (Å²) in [6, 6.07) is 0. The number of methoxy groups -OCH3 is 1. The minimum atomic E-state index is -0.0747. The topological polar surface area (TPSA) is 77.7 Å². The predicted molar refractivity (Wildman–Crippen MR) is 93.3 cm³/mol. The van der Waals surface area contributed by atoms with Gasteiger partial charge in [0, 0.05) is 39.1 Å². The summed E-state index contributed by atoms with van der Waals surface area (Å²) in [5.41, 5.74) is -0.0747. The van der Waals surface area contributed by atoms with Gasteiger partial charge in [-0.1, -0.05) is 11.6 Å². The molecule has 7 nitrogen and oxygen atoms in total. The van der Waals surface area contributed by atoms with Crippen molar-refractivity contribution in [3.05, 3.63) is 11.7 Å². The van der Waals surface area contributed by atoms with Gasteiger partial charge in [-0.05, 0) is 44.4 Å². The molecule has 3 aliphatic rings. The molecule has 2 saturated heterocycles. The van der Waals surface area contributed by atoms with Crippen LogP contribution in [0.15, 0.2) is 4.52 Å². The number of nitrogens with zero attached hydrogens (tertiary/aromatic N) is 3. The molecule has 0 N–H and O–H groups in total. The van der Waals surface area contributed by atoms with E-state index in [0.717, 1.165) is 64.6 Å². The second-order valence-electron chi connectivity index (χ2n) is 8.08. The molecule has 4 rings (SSSR count). The van der Waals surface area contributed by atoms with Gasteiger partial charge in [0.2, 0.25) is 11.8 Å². The molecule has 1 spiro atoms. The van der Waals surface area contributed by atoms with E-state index < -0.39 is 0 Å². The molecule has 7 heteroatoms. The first-order valence-corrected chi connectivity index (χ1v) is 9.91. The van der Waals surface area contributed by atoms with Crippen LogP contribution >= 0.6 is 0 Å². The van der Waals surface area contributed by atoms with Crippen LogP contribution in [0.2, 0.25) is 0 Å². The van der Waals surface area contributed by atoms with Crippen LogP contribution in [0.4, 0.5) is 0 Å². The van der Waals surface area contributed by atoms with Gasteiger partial charge in [-0.2, -0.15) is 4.98 Å². The fraction of sp³-hybridized carbons (Fsp3) is 0.842. The van der Waals surface area contributed by atoms with Gasteiger partial charge in [0.1, 0.15) is 6.61 Å². The fourth-order valence-electron chi connectivity index (χ4n) is 4.51. The number of ether oxygens (including phenoxy) is 2. The third-order valence-corrected chi connectivity index (χ3v) is 6.28. The van der Waals surface area contributed by atoms with Crippen molar-refractivity contribution in [3.8, 4) is 0 Å². The smallest absolute Gasteiger partial charge is 0.227 e. The van der Waals surface area contributed by atoms with Crippen molar-refractivity contribution in [2.24, 2.45) is 11.8 Å². The van der Waals surface area contributed by atoms with E-state index in [-0.39, 0.29) is 5.60 Å². The van der Waals surface area contributed by atoms with Crippen LogP contribution in [-0.4, -0.2) is 53.4 Å². The van der Waals surface area contributed by atoms with Crippen molar-refractivity contribution in [2.75, 3.05) is 26.8 Å². The average molecular weight is 363 g/mol. The van der Waals surface area contributed by atoms with Crippen LogP contribution < -0.4 is 0 Å². The molecule has 1 aromatic rings. The van der Waals surface area contributed by atoms with E-state index in [1.54, 1.807) is 7.11 Å². The molecule has 3 fully saturated rings. The molecule has 144 valence electrons. The lowest BCUT2D eigenvalue weighted by Gasteiger charge is -2.47. The maximum Gasteiger partial charge on any atom is 0.227 e. The summed E-state index contributed by atoms with van der Waals surface area (Å²) >= 11 is 0. The number of rotatable bonds is 5. The fourth-order valence-corrected chi connectivity index (χ4v) is 4.51. The number of hydrogen-bond acceptors (Lipinski definition) is 6. The van der Waals surface area contributed by atoms with Gasteiger partial charge < -0.3 is 18.9 Å². The molecular formula is C19H29N3O4. The van der Waals surface area contributed by atoms with Crippen molar-refractivity contribution in [3.63, 3.8) is 0 Å². The van der Waals surface area contributed by atoms with Gasteiger partial charge in [0.05, 0.1) is 5.60 Å². The standard InChI is InChI=1S/C19H29N3O4/c1-24-13-16-20-17(26-21-16)11-14-5-10-25-19(12-14)6-8-22(9-7-19)18(23)15-3-2-4-15/h14-15H,2-13H2,1H3. The third kappa shape index (κ3) is 3.78. The summed E-state index contributed by atoms with van der Waals surface area (Å²) in [7, 11) is 1.63. The molecule has 2 aliphatic heterocycles. The molecule has 1 unspecified atom stereocenters. The molecule has 3 heterocycles. The van der Waals surface area contributed by atoms with Gasteiger partial charge in [0.25, 0.3) is 0 Å². The zero-order chi connectivity index (χ0) is 18.0. The molecule has 1 amide bonds. The Balaban J connectivity index is 1.31. The molecule has 0 bridgehead atoms. The zero-order valence-electron chi connectivity index (χ0n) is 15.6. The van der Waals surface area contributed by atoms with Crippen LogP contribution in [0.25, 0.3) is 0 Å². The average Bonchev–Trinajstić information content (AvgIpc) is 3.01. The summed E-state index contributed by atoms with van der Waals surface area (Å²) in [5, 5.41) is 3.95. The van der Waals surface area contributed by atoms with Crippen LogP contribution in [0.5, 0.6) is 0 Å². The minimum absolute atomic E-state index is 0.0747. The lowest BCUT2D eigenvalue weighted by atomic mass is 9.77. The molecule has 1 aliphatic carbocycles. The molecule has 1 saturated carbocycles.